The zero-order valence-electron chi connectivity index (χ0n) is 15.3. The summed E-state index contributed by atoms with van der Waals surface area (Å²) in [6.45, 7) is 7.89. The van der Waals surface area contributed by atoms with Gasteiger partial charge in [0.25, 0.3) is 5.91 Å². The Kier molecular flexibility index (Phi) is 3.93. The van der Waals surface area contributed by atoms with Crippen molar-refractivity contribution in [2.24, 2.45) is 0 Å². The van der Waals surface area contributed by atoms with Gasteiger partial charge in [-0.15, -0.1) is 0 Å². The number of H-pyrrole nitrogens is 1. The third-order valence-electron chi connectivity index (χ3n) is 5.25. The van der Waals surface area contributed by atoms with Crippen molar-refractivity contribution in [1.82, 2.24) is 24.9 Å². The lowest BCUT2D eigenvalue weighted by Gasteiger charge is -2.33. The van der Waals surface area contributed by atoms with Gasteiger partial charge in [-0.3, -0.25) is 14.6 Å². The molecule has 1 saturated heterocycles. The molecule has 2 fully saturated rings. The maximum atomic E-state index is 13.3. The molecule has 1 N–H and O–H groups in total. The Morgan fingerprint density at radius 1 is 1.24 bits per heavy atom. The Balaban J connectivity index is 1.59. The van der Waals surface area contributed by atoms with Gasteiger partial charge < -0.3 is 4.90 Å². The van der Waals surface area contributed by atoms with Crippen LogP contribution in [0.1, 0.15) is 80.2 Å². The van der Waals surface area contributed by atoms with Crippen molar-refractivity contribution in [2.45, 2.75) is 63.8 Å². The molecule has 0 aromatic carbocycles. The quantitative estimate of drug-likeness (QED) is 0.932. The molecule has 1 amide bonds. The minimum atomic E-state index is -0.198. The highest BCUT2D eigenvalue weighted by Gasteiger charge is 2.34. The van der Waals surface area contributed by atoms with Gasteiger partial charge in [0.2, 0.25) is 0 Å². The molecule has 1 aliphatic heterocycles. The van der Waals surface area contributed by atoms with E-state index in [1.807, 2.05) is 21.7 Å². The summed E-state index contributed by atoms with van der Waals surface area (Å²) in [6, 6.07) is 4.05. The number of likely N-dealkylation sites (tertiary alicyclic amines) is 1. The molecule has 0 unspecified atom stereocenters. The predicted molar refractivity (Wildman–Crippen MR) is 95.7 cm³/mol. The lowest BCUT2D eigenvalue weighted by atomic mass is 9.94. The van der Waals surface area contributed by atoms with E-state index in [0.29, 0.717) is 11.8 Å². The highest BCUT2D eigenvalue weighted by atomic mass is 16.2. The minimum absolute atomic E-state index is 0.110. The van der Waals surface area contributed by atoms with Crippen LogP contribution in [0, 0.1) is 0 Å². The molecule has 1 atom stereocenters. The molecule has 2 aliphatic rings. The van der Waals surface area contributed by atoms with Crippen molar-refractivity contribution in [1.29, 1.82) is 0 Å². The van der Waals surface area contributed by atoms with Crippen molar-refractivity contribution >= 4 is 5.91 Å². The van der Waals surface area contributed by atoms with E-state index in [4.69, 9.17) is 5.10 Å². The van der Waals surface area contributed by atoms with Gasteiger partial charge in [0.15, 0.2) is 0 Å². The minimum Gasteiger partial charge on any atom is -0.337 e. The zero-order chi connectivity index (χ0) is 17.6. The SMILES string of the molecule is CC(C)(C)n1nc(C2CC2)cc1C(=O)N1CCC[C@@H](c2ccn[nH]2)C1. The molecule has 1 saturated carbocycles. The Bertz CT molecular complexity index is 751. The number of carbonyl (C=O) groups is 1. The van der Waals surface area contributed by atoms with E-state index in [-0.39, 0.29) is 11.4 Å². The Labute approximate surface area is 148 Å². The maximum absolute atomic E-state index is 13.3. The number of piperidine rings is 1. The molecule has 25 heavy (non-hydrogen) atoms. The number of carbonyl (C=O) groups excluding carboxylic acids is 1. The molecule has 0 bridgehead atoms. The second-order valence-corrected chi connectivity index (χ2v) is 8.41. The number of nitrogens with one attached hydrogen (secondary N) is 1. The summed E-state index contributed by atoms with van der Waals surface area (Å²) in [5, 5.41) is 11.9. The second-order valence-electron chi connectivity index (χ2n) is 8.41. The number of rotatable bonds is 3. The number of hydrogen-bond acceptors (Lipinski definition) is 3. The molecule has 2 aromatic heterocycles. The van der Waals surface area contributed by atoms with Crippen molar-refractivity contribution in [2.75, 3.05) is 13.1 Å². The van der Waals surface area contributed by atoms with Crippen molar-refractivity contribution < 1.29 is 4.79 Å². The van der Waals surface area contributed by atoms with Crippen molar-refractivity contribution in [3.05, 3.63) is 35.4 Å². The Hall–Kier alpha value is -2.11. The summed E-state index contributed by atoms with van der Waals surface area (Å²) in [5.41, 5.74) is 2.75. The summed E-state index contributed by atoms with van der Waals surface area (Å²) in [7, 11) is 0. The summed E-state index contributed by atoms with van der Waals surface area (Å²) in [5.74, 6) is 1.00. The van der Waals surface area contributed by atoms with E-state index in [1.165, 1.54) is 12.8 Å². The summed E-state index contributed by atoms with van der Waals surface area (Å²) in [6.07, 6.45) is 6.29. The lowest BCUT2D eigenvalue weighted by molar-refractivity contribution is 0.0685. The number of aromatic nitrogens is 4. The molecule has 6 heteroatoms. The first kappa shape index (κ1) is 16.4. The Morgan fingerprint density at radius 3 is 2.68 bits per heavy atom. The normalized spacial score (nSPS) is 21.6. The molecule has 134 valence electrons. The average Bonchev–Trinajstić information content (AvgIpc) is 3.12. The highest BCUT2D eigenvalue weighted by molar-refractivity contribution is 5.93. The van der Waals surface area contributed by atoms with Crippen LogP contribution in [-0.2, 0) is 5.54 Å². The smallest absolute Gasteiger partial charge is 0.272 e. The molecule has 6 nitrogen and oxygen atoms in total. The number of amides is 1. The van der Waals surface area contributed by atoms with Crippen LogP contribution in [0.15, 0.2) is 18.3 Å². The fourth-order valence-electron chi connectivity index (χ4n) is 3.71. The maximum Gasteiger partial charge on any atom is 0.272 e. The van der Waals surface area contributed by atoms with E-state index in [9.17, 15) is 4.79 Å². The van der Waals surface area contributed by atoms with E-state index in [1.54, 1.807) is 6.20 Å². The fourth-order valence-corrected chi connectivity index (χ4v) is 3.71. The van der Waals surface area contributed by atoms with Gasteiger partial charge in [-0.05, 0) is 58.6 Å². The lowest BCUT2D eigenvalue weighted by Crippen LogP contribution is -2.41. The molecule has 3 heterocycles. The van der Waals surface area contributed by atoms with Crippen LogP contribution in [0.5, 0.6) is 0 Å². The first-order chi connectivity index (χ1) is 11.9. The average molecular weight is 341 g/mol. The third-order valence-corrected chi connectivity index (χ3v) is 5.25. The summed E-state index contributed by atoms with van der Waals surface area (Å²) in [4.78, 5) is 15.3. The van der Waals surface area contributed by atoms with Crippen molar-refractivity contribution in [3.8, 4) is 0 Å². The number of hydrogen-bond donors (Lipinski definition) is 1. The predicted octanol–water partition coefficient (Wildman–Crippen LogP) is 3.26. The van der Waals surface area contributed by atoms with Gasteiger partial charge in [-0.25, -0.2) is 0 Å². The Morgan fingerprint density at radius 2 is 2.04 bits per heavy atom. The highest BCUT2D eigenvalue weighted by Crippen LogP contribution is 2.40. The van der Waals surface area contributed by atoms with E-state index < -0.39 is 0 Å². The van der Waals surface area contributed by atoms with Gasteiger partial charge in [-0.1, -0.05) is 0 Å². The molecular weight excluding hydrogens is 314 g/mol. The van der Waals surface area contributed by atoms with Crippen LogP contribution in [0.3, 0.4) is 0 Å². The standard InChI is InChI=1S/C19H27N5O/c1-19(2,3)24-17(11-16(22-24)13-6-7-13)18(25)23-10-4-5-14(12-23)15-8-9-20-21-15/h8-9,11,13-14H,4-7,10,12H2,1-3H3,(H,20,21)/t14-/m1/s1. The number of aromatic amines is 1. The molecule has 1 aliphatic carbocycles. The molecule has 4 rings (SSSR count). The first-order valence-electron chi connectivity index (χ1n) is 9.32. The van der Waals surface area contributed by atoms with Gasteiger partial charge in [0, 0.05) is 36.8 Å². The van der Waals surface area contributed by atoms with Gasteiger partial charge in [0.05, 0.1) is 11.2 Å². The number of nitrogens with zero attached hydrogens (tertiary/aromatic N) is 4. The van der Waals surface area contributed by atoms with Crippen LogP contribution < -0.4 is 0 Å². The summed E-state index contributed by atoms with van der Waals surface area (Å²) < 4.78 is 1.93. The van der Waals surface area contributed by atoms with E-state index in [0.717, 1.165) is 43.0 Å². The van der Waals surface area contributed by atoms with Crippen LogP contribution in [0.4, 0.5) is 0 Å². The van der Waals surface area contributed by atoms with E-state index >= 15 is 0 Å². The van der Waals surface area contributed by atoms with Gasteiger partial charge in [0.1, 0.15) is 5.69 Å². The molecule has 0 spiro atoms. The topological polar surface area (TPSA) is 66.8 Å². The first-order valence-corrected chi connectivity index (χ1v) is 9.32. The largest absolute Gasteiger partial charge is 0.337 e. The van der Waals surface area contributed by atoms with Crippen LogP contribution in [0.25, 0.3) is 0 Å². The summed E-state index contributed by atoms with van der Waals surface area (Å²) >= 11 is 0. The van der Waals surface area contributed by atoms with Crippen LogP contribution in [-0.4, -0.2) is 43.9 Å². The molecule has 0 radical (unpaired) electrons. The van der Waals surface area contributed by atoms with Crippen molar-refractivity contribution in [3.63, 3.8) is 0 Å². The zero-order valence-corrected chi connectivity index (χ0v) is 15.3. The van der Waals surface area contributed by atoms with Crippen LogP contribution in [0.2, 0.25) is 0 Å². The van der Waals surface area contributed by atoms with Gasteiger partial charge >= 0.3 is 0 Å². The monoisotopic (exact) mass is 341 g/mol. The van der Waals surface area contributed by atoms with E-state index in [2.05, 4.69) is 31.0 Å². The fraction of sp³-hybridized carbons (Fsp3) is 0.632. The van der Waals surface area contributed by atoms with Crippen LogP contribution >= 0.6 is 0 Å². The third kappa shape index (κ3) is 3.22. The second kappa shape index (κ2) is 6.00. The molecular formula is C19H27N5O. The molecule has 2 aromatic rings. The van der Waals surface area contributed by atoms with Gasteiger partial charge in [-0.2, -0.15) is 10.2 Å².